The fourth-order valence-corrected chi connectivity index (χ4v) is 3.52. The molecule has 1 atom stereocenters. The quantitative estimate of drug-likeness (QED) is 0.394. The van der Waals surface area contributed by atoms with E-state index in [0.717, 1.165) is 32.4 Å². The summed E-state index contributed by atoms with van der Waals surface area (Å²) >= 11 is 2.21. The first kappa shape index (κ1) is 19.9. The van der Waals surface area contributed by atoms with Gasteiger partial charge < -0.3 is 5.32 Å². The molecule has 0 radical (unpaired) electrons. The third-order valence-corrected chi connectivity index (χ3v) is 5.41. The molecule has 1 nitrogen and oxygen atoms in total. The monoisotopic (exact) mass is 481 g/mol. The minimum atomic E-state index is -4.31. The van der Waals surface area contributed by atoms with Gasteiger partial charge in [0.1, 0.15) is 0 Å². The summed E-state index contributed by atoms with van der Waals surface area (Å²) in [6.07, 6.45) is -4.31. The largest absolute Gasteiger partial charge is 0.416 e. The Morgan fingerprint density at radius 2 is 1.59 bits per heavy atom. The first-order valence-corrected chi connectivity index (χ1v) is 9.67. The Bertz CT molecular complexity index is 890. The van der Waals surface area contributed by atoms with Gasteiger partial charge in [-0.3, -0.25) is 0 Å². The number of rotatable bonds is 5. The summed E-state index contributed by atoms with van der Waals surface area (Å²) in [6, 6.07) is 21.8. The third kappa shape index (κ3) is 5.11. The van der Waals surface area contributed by atoms with Crippen molar-refractivity contribution < 1.29 is 13.2 Å². The van der Waals surface area contributed by atoms with Crippen molar-refractivity contribution in [3.63, 3.8) is 0 Å². The summed E-state index contributed by atoms with van der Waals surface area (Å²) in [5.41, 5.74) is 3.40. The first-order valence-electron chi connectivity index (χ1n) is 8.59. The molecule has 27 heavy (non-hydrogen) atoms. The Kier molecular flexibility index (Phi) is 6.22. The van der Waals surface area contributed by atoms with Gasteiger partial charge in [-0.25, -0.2) is 0 Å². The molecule has 3 aromatic rings. The second-order valence-corrected chi connectivity index (χ2v) is 7.56. The predicted molar refractivity (Wildman–Crippen MR) is 111 cm³/mol. The zero-order chi connectivity index (χ0) is 19.4. The molecule has 0 spiro atoms. The highest BCUT2D eigenvalue weighted by Gasteiger charge is 2.30. The van der Waals surface area contributed by atoms with E-state index in [9.17, 15) is 13.2 Å². The van der Waals surface area contributed by atoms with Crippen molar-refractivity contribution >= 4 is 22.6 Å². The molecule has 0 bridgehead atoms. The van der Waals surface area contributed by atoms with Gasteiger partial charge in [0.15, 0.2) is 0 Å². The molecule has 5 heteroatoms. The summed E-state index contributed by atoms with van der Waals surface area (Å²) in [5.74, 6) is 0. The Morgan fingerprint density at radius 1 is 0.926 bits per heavy atom. The van der Waals surface area contributed by atoms with E-state index in [0.29, 0.717) is 6.54 Å². The van der Waals surface area contributed by atoms with E-state index >= 15 is 0 Å². The summed E-state index contributed by atoms with van der Waals surface area (Å²) in [6.45, 7) is 2.79. The van der Waals surface area contributed by atoms with E-state index in [2.05, 4.69) is 47.0 Å². The average Bonchev–Trinajstić information content (AvgIpc) is 2.67. The number of nitrogens with one attached hydrogen (secondary N) is 1. The molecule has 1 unspecified atom stereocenters. The predicted octanol–water partition coefficient (Wildman–Crippen LogP) is 6.83. The maximum Gasteiger partial charge on any atom is 0.416 e. The SMILES string of the molecule is CC(NCc1ccc(I)c(-c2ccc(C(F)(F)F)cc2)c1)c1ccccc1. The van der Waals surface area contributed by atoms with Crippen molar-refractivity contribution in [2.45, 2.75) is 25.7 Å². The van der Waals surface area contributed by atoms with Crippen molar-refractivity contribution in [1.82, 2.24) is 5.32 Å². The number of benzene rings is 3. The van der Waals surface area contributed by atoms with Gasteiger partial charge in [0, 0.05) is 16.2 Å². The molecule has 0 fully saturated rings. The van der Waals surface area contributed by atoms with Crippen LogP contribution in [0.25, 0.3) is 11.1 Å². The molecular weight excluding hydrogens is 462 g/mol. The van der Waals surface area contributed by atoms with Crippen molar-refractivity contribution in [1.29, 1.82) is 0 Å². The molecule has 0 saturated heterocycles. The van der Waals surface area contributed by atoms with Gasteiger partial charge in [-0.1, -0.05) is 48.5 Å². The molecular formula is C22H19F3IN. The molecule has 0 aliphatic heterocycles. The number of hydrogen-bond donors (Lipinski definition) is 1. The van der Waals surface area contributed by atoms with E-state index < -0.39 is 11.7 Å². The zero-order valence-electron chi connectivity index (χ0n) is 14.7. The smallest absolute Gasteiger partial charge is 0.306 e. The standard InChI is InChI=1S/C22H19F3IN/c1-15(17-5-3-2-4-6-17)27-14-16-7-12-21(26)20(13-16)18-8-10-19(11-9-18)22(23,24)25/h2-13,15,27H,14H2,1H3. The van der Waals surface area contributed by atoms with Crippen LogP contribution in [0.1, 0.15) is 29.7 Å². The molecule has 3 aromatic carbocycles. The molecule has 0 aliphatic rings. The molecule has 0 aliphatic carbocycles. The Hall–Kier alpha value is -1.86. The normalized spacial score (nSPS) is 12.8. The van der Waals surface area contributed by atoms with E-state index in [1.165, 1.54) is 17.7 Å². The van der Waals surface area contributed by atoms with E-state index in [1.54, 1.807) is 0 Å². The van der Waals surface area contributed by atoms with Gasteiger partial charge >= 0.3 is 6.18 Å². The second kappa shape index (κ2) is 8.44. The molecule has 1 N–H and O–H groups in total. The van der Waals surface area contributed by atoms with Crippen LogP contribution < -0.4 is 5.32 Å². The van der Waals surface area contributed by atoms with Gasteiger partial charge in [0.05, 0.1) is 5.56 Å². The second-order valence-electron chi connectivity index (χ2n) is 6.40. The van der Waals surface area contributed by atoms with Gasteiger partial charge in [-0.05, 0) is 76.0 Å². The fourth-order valence-electron chi connectivity index (χ4n) is 2.87. The summed E-state index contributed by atoms with van der Waals surface area (Å²) in [4.78, 5) is 0. The van der Waals surface area contributed by atoms with Crippen LogP contribution in [0.15, 0.2) is 72.8 Å². The van der Waals surface area contributed by atoms with Gasteiger partial charge in [-0.15, -0.1) is 0 Å². The van der Waals surface area contributed by atoms with E-state index in [4.69, 9.17) is 0 Å². The lowest BCUT2D eigenvalue weighted by atomic mass is 10.0. The Balaban J connectivity index is 1.76. The minimum Gasteiger partial charge on any atom is -0.306 e. The molecule has 0 heterocycles. The molecule has 140 valence electrons. The van der Waals surface area contributed by atoms with Crippen molar-refractivity contribution in [2.24, 2.45) is 0 Å². The molecule has 3 rings (SSSR count). The van der Waals surface area contributed by atoms with Crippen molar-refractivity contribution in [2.75, 3.05) is 0 Å². The molecule has 0 saturated carbocycles. The Labute approximate surface area is 170 Å². The summed E-state index contributed by atoms with van der Waals surface area (Å²) < 4.78 is 39.3. The van der Waals surface area contributed by atoms with Crippen LogP contribution in [0.5, 0.6) is 0 Å². The van der Waals surface area contributed by atoms with E-state index in [1.807, 2.05) is 36.4 Å². The lowest BCUT2D eigenvalue weighted by molar-refractivity contribution is -0.137. The lowest BCUT2D eigenvalue weighted by Gasteiger charge is -2.15. The number of alkyl halides is 3. The third-order valence-electron chi connectivity index (χ3n) is 4.47. The molecule has 0 amide bonds. The van der Waals surface area contributed by atoms with Crippen LogP contribution in [-0.4, -0.2) is 0 Å². The first-order chi connectivity index (χ1) is 12.8. The number of halogens is 4. The average molecular weight is 481 g/mol. The van der Waals surface area contributed by atoms with Gasteiger partial charge in [-0.2, -0.15) is 13.2 Å². The maximum atomic E-state index is 12.8. The minimum absolute atomic E-state index is 0.208. The van der Waals surface area contributed by atoms with Crippen LogP contribution in [0.4, 0.5) is 13.2 Å². The highest BCUT2D eigenvalue weighted by Crippen LogP contribution is 2.32. The van der Waals surface area contributed by atoms with E-state index in [-0.39, 0.29) is 6.04 Å². The van der Waals surface area contributed by atoms with Crippen LogP contribution in [0.3, 0.4) is 0 Å². The topological polar surface area (TPSA) is 12.0 Å². The van der Waals surface area contributed by atoms with Gasteiger partial charge in [0.2, 0.25) is 0 Å². The lowest BCUT2D eigenvalue weighted by Crippen LogP contribution is -2.18. The van der Waals surface area contributed by atoms with Crippen LogP contribution >= 0.6 is 22.6 Å². The van der Waals surface area contributed by atoms with Crippen LogP contribution in [0.2, 0.25) is 0 Å². The van der Waals surface area contributed by atoms with Crippen molar-refractivity contribution in [3.05, 3.63) is 93.1 Å². The maximum absolute atomic E-state index is 12.8. The highest BCUT2D eigenvalue weighted by atomic mass is 127. The summed E-state index contributed by atoms with van der Waals surface area (Å²) in [7, 11) is 0. The summed E-state index contributed by atoms with van der Waals surface area (Å²) in [5, 5.41) is 3.49. The highest BCUT2D eigenvalue weighted by molar-refractivity contribution is 14.1. The van der Waals surface area contributed by atoms with Crippen LogP contribution in [-0.2, 0) is 12.7 Å². The number of hydrogen-bond acceptors (Lipinski definition) is 1. The van der Waals surface area contributed by atoms with Gasteiger partial charge in [0.25, 0.3) is 0 Å². The van der Waals surface area contributed by atoms with Crippen molar-refractivity contribution in [3.8, 4) is 11.1 Å². The zero-order valence-corrected chi connectivity index (χ0v) is 16.9. The molecule has 0 aromatic heterocycles. The fraction of sp³-hybridized carbons (Fsp3) is 0.182. The van der Waals surface area contributed by atoms with Crippen LogP contribution in [0, 0.1) is 3.57 Å². The Morgan fingerprint density at radius 3 is 2.22 bits per heavy atom.